The number of halogens is 1. The highest BCUT2D eigenvalue weighted by Crippen LogP contribution is 2.36. The Morgan fingerprint density at radius 3 is 2.56 bits per heavy atom. The Morgan fingerprint density at radius 1 is 1.06 bits per heavy atom. The van der Waals surface area contributed by atoms with Gasteiger partial charge in [0.15, 0.2) is 0 Å². The lowest BCUT2D eigenvalue weighted by Gasteiger charge is -2.11. The van der Waals surface area contributed by atoms with Crippen LogP contribution < -0.4 is 5.32 Å². The van der Waals surface area contributed by atoms with E-state index in [0.717, 1.165) is 0 Å². The van der Waals surface area contributed by atoms with Gasteiger partial charge < -0.3 is 5.32 Å². The van der Waals surface area contributed by atoms with Crippen LogP contribution in [0.1, 0.15) is 15.8 Å². The van der Waals surface area contributed by atoms with Gasteiger partial charge in [-0.1, -0.05) is 18.2 Å². The molecule has 92 valence electrons. The summed E-state index contributed by atoms with van der Waals surface area (Å²) in [7, 11) is 2.02. The maximum absolute atomic E-state index is 3.53. The van der Waals surface area contributed by atoms with E-state index in [4.69, 9.17) is 0 Å². The number of benzene rings is 1. The molecule has 0 fully saturated rings. The number of fused-ring (bicyclic) bond motifs is 1. The van der Waals surface area contributed by atoms with Gasteiger partial charge in [-0.15, -0.1) is 22.7 Å². The van der Waals surface area contributed by atoms with E-state index in [0.29, 0.717) is 6.04 Å². The van der Waals surface area contributed by atoms with Crippen LogP contribution in [0.3, 0.4) is 0 Å². The molecule has 2 aromatic heterocycles. The SMILES string of the molecule is CNC(c1ccc(Br)s1)c1cc2ccccc2s1. The van der Waals surface area contributed by atoms with Crippen molar-refractivity contribution >= 4 is 48.7 Å². The Hall–Kier alpha value is -0.680. The smallest absolute Gasteiger partial charge is 0.0763 e. The lowest BCUT2D eigenvalue weighted by atomic mass is 10.2. The Labute approximate surface area is 123 Å². The third kappa shape index (κ3) is 2.26. The largest absolute Gasteiger partial charge is 0.308 e. The maximum atomic E-state index is 3.53. The fraction of sp³-hybridized carbons (Fsp3) is 0.143. The molecule has 0 amide bonds. The predicted molar refractivity (Wildman–Crippen MR) is 84.7 cm³/mol. The number of hydrogen-bond acceptors (Lipinski definition) is 3. The first kappa shape index (κ1) is 12.4. The first-order valence-corrected chi connectivity index (χ1v) is 8.11. The Kier molecular flexibility index (Phi) is 3.52. The summed E-state index contributed by atoms with van der Waals surface area (Å²) in [4.78, 5) is 2.71. The molecule has 1 aromatic carbocycles. The minimum absolute atomic E-state index is 0.290. The minimum Gasteiger partial charge on any atom is -0.308 e. The molecule has 0 saturated carbocycles. The maximum Gasteiger partial charge on any atom is 0.0763 e. The number of rotatable bonds is 3. The summed E-state index contributed by atoms with van der Waals surface area (Å²) in [6.45, 7) is 0. The second kappa shape index (κ2) is 5.13. The van der Waals surface area contributed by atoms with Gasteiger partial charge in [-0.05, 0) is 52.6 Å². The van der Waals surface area contributed by atoms with Crippen molar-refractivity contribution in [2.75, 3.05) is 7.05 Å². The van der Waals surface area contributed by atoms with Gasteiger partial charge in [0.1, 0.15) is 0 Å². The normalized spacial score (nSPS) is 13.0. The van der Waals surface area contributed by atoms with Crippen LogP contribution in [-0.4, -0.2) is 7.05 Å². The van der Waals surface area contributed by atoms with Crippen molar-refractivity contribution in [1.82, 2.24) is 5.32 Å². The van der Waals surface area contributed by atoms with E-state index in [-0.39, 0.29) is 0 Å². The highest BCUT2D eigenvalue weighted by atomic mass is 79.9. The highest BCUT2D eigenvalue weighted by Gasteiger charge is 2.16. The molecule has 0 radical (unpaired) electrons. The van der Waals surface area contributed by atoms with Gasteiger partial charge in [-0.3, -0.25) is 0 Å². The average Bonchev–Trinajstić information content (AvgIpc) is 2.96. The van der Waals surface area contributed by atoms with Crippen molar-refractivity contribution in [1.29, 1.82) is 0 Å². The van der Waals surface area contributed by atoms with Crippen LogP contribution in [0.2, 0.25) is 0 Å². The Bertz CT molecular complexity index is 638. The fourth-order valence-electron chi connectivity index (χ4n) is 2.05. The van der Waals surface area contributed by atoms with Crippen molar-refractivity contribution in [3.05, 3.63) is 56.0 Å². The molecule has 4 heteroatoms. The molecule has 1 unspecified atom stereocenters. The summed E-state index contributed by atoms with van der Waals surface area (Å²) in [5.41, 5.74) is 0. The molecule has 0 aliphatic heterocycles. The van der Waals surface area contributed by atoms with Crippen LogP contribution in [0, 0.1) is 0 Å². The molecule has 1 N–H and O–H groups in total. The summed E-state index contributed by atoms with van der Waals surface area (Å²) in [6.07, 6.45) is 0. The van der Waals surface area contributed by atoms with Crippen LogP contribution in [0.25, 0.3) is 10.1 Å². The Balaban J connectivity index is 2.05. The fourth-order valence-corrected chi connectivity index (χ4v) is 4.87. The second-order valence-corrected chi connectivity index (χ2v) is 7.66. The van der Waals surface area contributed by atoms with Gasteiger partial charge in [0.25, 0.3) is 0 Å². The highest BCUT2D eigenvalue weighted by molar-refractivity contribution is 9.11. The van der Waals surface area contributed by atoms with Gasteiger partial charge in [0, 0.05) is 14.5 Å². The summed E-state index contributed by atoms with van der Waals surface area (Å²) in [6, 6.07) is 15.4. The third-order valence-corrected chi connectivity index (χ3v) is 5.77. The quantitative estimate of drug-likeness (QED) is 0.706. The van der Waals surface area contributed by atoms with Crippen LogP contribution in [0.15, 0.2) is 46.3 Å². The van der Waals surface area contributed by atoms with E-state index < -0.39 is 0 Å². The summed E-state index contributed by atoms with van der Waals surface area (Å²) < 4.78 is 2.53. The van der Waals surface area contributed by atoms with Gasteiger partial charge >= 0.3 is 0 Å². The summed E-state index contributed by atoms with van der Waals surface area (Å²) >= 11 is 7.18. The number of hydrogen-bond donors (Lipinski definition) is 1. The molecule has 0 aliphatic rings. The molecular formula is C14H12BrNS2. The zero-order valence-electron chi connectivity index (χ0n) is 9.81. The van der Waals surface area contributed by atoms with E-state index >= 15 is 0 Å². The molecule has 3 rings (SSSR count). The predicted octanol–water partition coefficient (Wildman–Crippen LogP) is 5.03. The van der Waals surface area contributed by atoms with Gasteiger partial charge in [0.05, 0.1) is 9.83 Å². The molecule has 3 aromatic rings. The van der Waals surface area contributed by atoms with Gasteiger partial charge in [-0.25, -0.2) is 0 Å². The molecular weight excluding hydrogens is 326 g/mol. The van der Waals surface area contributed by atoms with Crippen molar-refractivity contribution in [3.8, 4) is 0 Å². The molecule has 2 heterocycles. The average molecular weight is 338 g/mol. The van der Waals surface area contributed by atoms with E-state index in [2.05, 4.69) is 63.7 Å². The lowest BCUT2D eigenvalue weighted by molar-refractivity contribution is 0.717. The zero-order valence-corrected chi connectivity index (χ0v) is 13.0. The van der Waals surface area contributed by atoms with Crippen molar-refractivity contribution < 1.29 is 0 Å². The van der Waals surface area contributed by atoms with Gasteiger partial charge in [0.2, 0.25) is 0 Å². The monoisotopic (exact) mass is 337 g/mol. The summed E-state index contributed by atoms with van der Waals surface area (Å²) in [5, 5.41) is 4.74. The van der Waals surface area contributed by atoms with E-state index in [9.17, 15) is 0 Å². The van der Waals surface area contributed by atoms with Crippen molar-refractivity contribution in [3.63, 3.8) is 0 Å². The summed E-state index contributed by atoms with van der Waals surface area (Å²) in [5.74, 6) is 0. The molecule has 0 aliphatic carbocycles. The van der Waals surface area contributed by atoms with Crippen LogP contribution in [0.4, 0.5) is 0 Å². The topological polar surface area (TPSA) is 12.0 Å². The second-order valence-electron chi connectivity index (χ2n) is 4.05. The van der Waals surface area contributed by atoms with E-state index in [1.165, 1.54) is 23.6 Å². The first-order valence-electron chi connectivity index (χ1n) is 5.69. The molecule has 18 heavy (non-hydrogen) atoms. The number of thiophene rings is 2. The third-order valence-electron chi connectivity index (χ3n) is 2.90. The van der Waals surface area contributed by atoms with Crippen LogP contribution >= 0.6 is 38.6 Å². The molecule has 0 spiro atoms. The van der Waals surface area contributed by atoms with E-state index in [1.807, 2.05) is 18.4 Å². The first-order chi connectivity index (χ1) is 8.78. The van der Waals surface area contributed by atoms with E-state index in [1.54, 1.807) is 11.3 Å². The van der Waals surface area contributed by atoms with Crippen LogP contribution in [0.5, 0.6) is 0 Å². The zero-order chi connectivity index (χ0) is 12.5. The van der Waals surface area contributed by atoms with Crippen LogP contribution in [-0.2, 0) is 0 Å². The standard InChI is InChI=1S/C14H12BrNS2/c1-16-14(11-6-7-13(15)18-11)12-8-9-4-2-3-5-10(9)17-12/h2-8,14,16H,1H3. The Morgan fingerprint density at radius 2 is 1.89 bits per heavy atom. The van der Waals surface area contributed by atoms with Gasteiger partial charge in [-0.2, -0.15) is 0 Å². The molecule has 0 bridgehead atoms. The minimum atomic E-state index is 0.290. The molecule has 0 saturated heterocycles. The van der Waals surface area contributed by atoms with Crippen molar-refractivity contribution in [2.24, 2.45) is 0 Å². The molecule has 1 nitrogen and oxygen atoms in total. The molecule has 1 atom stereocenters. The number of nitrogens with one attached hydrogen (secondary N) is 1. The lowest BCUT2D eigenvalue weighted by Crippen LogP contribution is -2.14. The van der Waals surface area contributed by atoms with Crippen molar-refractivity contribution in [2.45, 2.75) is 6.04 Å².